The van der Waals surface area contributed by atoms with Crippen molar-refractivity contribution in [2.24, 2.45) is 0 Å². The number of aliphatic hydroxyl groups excluding tert-OH is 1. The van der Waals surface area contributed by atoms with E-state index in [1.165, 1.54) is 26.2 Å². The second-order valence-electron chi connectivity index (χ2n) is 5.86. The van der Waals surface area contributed by atoms with E-state index in [0.29, 0.717) is 12.2 Å². The van der Waals surface area contributed by atoms with Crippen molar-refractivity contribution in [1.29, 1.82) is 0 Å². The van der Waals surface area contributed by atoms with Crippen LogP contribution in [0.2, 0.25) is 0 Å². The summed E-state index contributed by atoms with van der Waals surface area (Å²) in [6.07, 6.45) is 4.66. The van der Waals surface area contributed by atoms with E-state index in [9.17, 15) is 19.2 Å². The van der Waals surface area contributed by atoms with Gasteiger partial charge in [0.2, 0.25) is 0 Å². The first-order valence-corrected chi connectivity index (χ1v) is 9.37. The molecule has 0 aromatic rings. The van der Waals surface area contributed by atoms with Crippen molar-refractivity contribution in [2.45, 2.75) is 40.0 Å². The van der Waals surface area contributed by atoms with Gasteiger partial charge in [0.05, 0.1) is 20.3 Å². The fraction of sp³-hybridized carbons (Fsp3) is 0.455. The highest BCUT2D eigenvalue weighted by Gasteiger charge is 2.07. The van der Waals surface area contributed by atoms with Crippen molar-refractivity contribution < 1.29 is 43.6 Å². The summed E-state index contributed by atoms with van der Waals surface area (Å²) in [7, 11) is 1.33. The first-order chi connectivity index (χ1) is 14.5. The Hall–Kier alpha value is -3.20. The summed E-state index contributed by atoms with van der Waals surface area (Å²) in [4.78, 5) is 42.0. The number of unbranched alkanes of at least 4 members (excludes halogenated alkanes) is 1. The van der Waals surface area contributed by atoms with E-state index < -0.39 is 11.9 Å². The number of carboxylic acid groups (broad SMARTS) is 1. The number of rotatable bonds is 11. The summed E-state index contributed by atoms with van der Waals surface area (Å²) in [6, 6.07) is 0. The Morgan fingerprint density at radius 2 is 1.58 bits per heavy atom. The monoisotopic (exact) mass is 442 g/mol. The number of aliphatic carboxylic acids is 1. The van der Waals surface area contributed by atoms with E-state index in [0.717, 1.165) is 12.8 Å². The van der Waals surface area contributed by atoms with Crippen LogP contribution in [0.5, 0.6) is 0 Å². The van der Waals surface area contributed by atoms with Crippen molar-refractivity contribution in [3.8, 4) is 0 Å². The molecular weight excluding hydrogens is 408 g/mol. The van der Waals surface area contributed by atoms with Crippen LogP contribution in [-0.2, 0) is 33.4 Å². The Morgan fingerprint density at radius 1 is 1.00 bits per heavy atom. The normalized spacial score (nSPS) is 9.52. The summed E-state index contributed by atoms with van der Waals surface area (Å²) >= 11 is 0. The number of aliphatic hydroxyl groups is 1. The fourth-order valence-corrected chi connectivity index (χ4v) is 1.24. The molecule has 0 radical (unpaired) electrons. The van der Waals surface area contributed by atoms with Crippen LogP contribution in [0, 0.1) is 0 Å². The van der Waals surface area contributed by atoms with E-state index in [4.69, 9.17) is 10.2 Å². The second-order valence-corrected chi connectivity index (χ2v) is 5.86. The Kier molecular flexibility index (Phi) is 22.5. The first kappa shape index (κ1) is 32.5. The molecule has 0 bridgehead atoms. The van der Waals surface area contributed by atoms with Crippen LogP contribution in [0.3, 0.4) is 0 Å². The predicted octanol–water partition coefficient (Wildman–Crippen LogP) is 2.75. The number of methoxy groups -OCH3 is 1. The van der Waals surface area contributed by atoms with Crippen molar-refractivity contribution in [1.82, 2.24) is 0 Å². The standard InChI is InChI=1S/C10H14O5.C7H12O2.C5H8O2/c1-7(9(12)13)3-4-8(2)10(14)15-6-5-11;1-3-5-6-9-7(8)4-2;1-4(2)5(6)7-3/h3,11H,2,4-6H2,1H3,(H,12,13);4H,2-3,5-6H2,1H3;1H2,2-3H3. The molecule has 0 amide bonds. The topological polar surface area (TPSA) is 136 Å². The van der Waals surface area contributed by atoms with Crippen LogP contribution < -0.4 is 0 Å². The lowest BCUT2D eigenvalue weighted by atomic mass is 10.1. The Balaban J connectivity index is -0.000000417. The maximum absolute atomic E-state index is 11.1. The number of carbonyl (C=O) groups is 4. The first-order valence-electron chi connectivity index (χ1n) is 9.37. The van der Waals surface area contributed by atoms with Gasteiger partial charge < -0.3 is 24.4 Å². The van der Waals surface area contributed by atoms with Gasteiger partial charge in [-0.2, -0.15) is 0 Å². The predicted molar refractivity (Wildman–Crippen MR) is 116 cm³/mol. The number of ether oxygens (including phenoxy) is 3. The smallest absolute Gasteiger partial charge is 0.333 e. The van der Waals surface area contributed by atoms with E-state index >= 15 is 0 Å². The molecule has 0 aromatic carbocycles. The van der Waals surface area contributed by atoms with Gasteiger partial charge in [-0.05, 0) is 26.7 Å². The Bertz CT molecular complexity index is 645. The molecule has 0 spiro atoms. The molecule has 0 saturated carbocycles. The highest BCUT2D eigenvalue weighted by atomic mass is 16.5. The van der Waals surface area contributed by atoms with Crippen LogP contribution in [0.25, 0.3) is 0 Å². The summed E-state index contributed by atoms with van der Waals surface area (Å²) in [5.74, 6) is -2.34. The van der Waals surface area contributed by atoms with Crippen LogP contribution in [-0.4, -0.2) is 61.0 Å². The molecule has 176 valence electrons. The second kappa shape index (κ2) is 21.5. The van der Waals surface area contributed by atoms with Crippen molar-refractivity contribution in [2.75, 3.05) is 26.9 Å². The van der Waals surface area contributed by atoms with Gasteiger partial charge in [-0.15, -0.1) is 0 Å². The molecule has 0 fully saturated rings. The summed E-state index contributed by atoms with van der Waals surface area (Å²) in [6.45, 7) is 15.3. The number of carboxylic acids is 1. The SMILES string of the molecule is C=C(C)C(=O)OC.C=C(CC=C(C)C(=O)O)C(=O)OCCO.C=CC(=O)OCCCC. The molecule has 0 aliphatic heterocycles. The zero-order valence-electron chi connectivity index (χ0n) is 18.8. The van der Waals surface area contributed by atoms with Gasteiger partial charge in [0.1, 0.15) is 6.61 Å². The third-order valence-electron chi connectivity index (χ3n) is 3.05. The lowest BCUT2D eigenvalue weighted by Gasteiger charge is -2.03. The molecule has 0 aromatic heterocycles. The van der Waals surface area contributed by atoms with E-state index in [1.54, 1.807) is 6.92 Å². The molecule has 0 saturated heterocycles. The van der Waals surface area contributed by atoms with Crippen LogP contribution >= 0.6 is 0 Å². The third-order valence-corrected chi connectivity index (χ3v) is 3.05. The maximum Gasteiger partial charge on any atom is 0.333 e. The summed E-state index contributed by atoms with van der Waals surface area (Å²) in [5, 5.41) is 16.9. The molecule has 31 heavy (non-hydrogen) atoms. The molecule has 0 heterocycles. The zero-order valence-corrected chi connectivity index (χ0v) is 18.8. The van der Waals surface area contributed by atoms with E-state index in [-0.39, 0.29) is 42.7 Å². The Labute approximate surface area is 183 Å². The van der Waals surface area contributed by atoms with Crippen molar-refractivity contribution >= 4 is 23.9 Å². The molecule has 0 atom stereocenters. The average Bonchev–Trinajstić information content (AvgIpc) is 2.75. The number of hydrogen-bond donors (Lipinski definition) is 2. The van der Waals surface area contributed by atoms with Crippen LogP contribution in [0.1, 0.15) is 40.0 Å². The van der Waals surface area contributed by atoms with Crippen molar-refractivity contribution in [3.63, 3.8) is 0 Å². The summed E-state index contributed by atoms with van der Waals surface area (Å²) in [5.41, 5.74) is 0.734. The minimum absolute atomic E-state index is 0.0838. The highest BCUT2D eigenvalue weighted by molar-refractivity contribution is 5.89. The van der Waals surface area contributed by atoms with E-state index in [2.05, 4.69) is 33.9 Å². The Morgan fingerprint density at radius 3 is 1.94 bits per heavy atom. The minimum atomic E-state index is -1.04. The molecule has 0 aliphatic carbocycles. The molecule has 0 aliphatic rings. The van der Waals surface area contributed by atoms with Gasteiger partial charge in [0.15, 0.2) is 0 Å². The molecular formula is C22H34O9. The molecule has 0 rings (SSSR count). The van der Waals surface area contributed by atoms with Gasteiger partial charge >= 0.3 is 23.9 Å². The van der Waals surface area contributed by atoms with Gasteiger partial charge in [0.25, 0.3) is 0 Å². The number of allylic oxidation sites excluding steroid dienone is 1. The summed E-state index contributed by atoms with van der Waals surface area (Å²) < 4.78 is 13.5. The zero-order chi connectivity index (χ0) is 24.8. The average molecular weight is 443 g/mol. The number of esters is 3. The van der Waals surface area contributed by atoms with Crippen molar-refractivity contribution in [3.05, 3.63) is 48.6 Å². The lowest BCUT2D eigenvalue weighted by Crippen LogP contribution is -2.10. The largest absolute Gasteiger partial charge is 0.478 e. The van der Waals surface area contributed by atoms with Gasteiger partial charge in [0, 0.05) is 22.8 Å². The quantitative estimate of drug-likeness (QED) is 0.214. The lowest BCUT2D eigenvalue weighted by molar-refractivity contribution is -0.140. The molecule has 2 N–H and O–H groups in total. The van der Waals surface area contributed by atoms with Crippen LogP contribution in [0.4, 0.5) is 0 Å². The van der Waals surface area contributed by atoms with Crippen LogP contribution in [0.15, 0.2) is 48.6 Å². The van der Waals surface area contributed by atoms with Gasteiger partial charge in [-0.1, -0.05) is 39.2 Å². The highest BCUT2D eigenvalue weighted by Crippen LogP contribution is 2.05. The van der Waals surface area contributed by atoms with Gasteiger partial charge in [-0.3, -0.25) is 0 Å². The number of hydrogen-bond acceptors (Lipinski definition) is 8. The molecule has 0 unspecified atom stereocenters. The van der Waals surface area contributed by atoms with Gasteiger partial charge in [-0.25, -0.2) is 19.2 Å². The van der Waals surface area contributed by atoms with E-state index in [1.807, 2.05) is 6.92 Å². The number of carbonyl (C=O) groups excluding carboxylic acids is 3. The molecule has 9 nitrogen and oxygen atoms in total. The minimum Gasteiger partial charge on any atom is -0.478 e. The maximum atomic E-state index is 11.1. The third kappa shape index (κ3) is 22.9. The fourth-order valence-electron chi connectivity index (χ4n) is 1.24. The molecule has 9 heteroatoms.